The monoisotopic (exact) mass is 230 g/mol. The summed E-state index contributed by atoms with van der Waals surface area (Å²) in [5, 5.41) is 8.69. The number of hydrogen-bond acceptors (Lipinski definition) is 3. The molecular weight excluding hydrogens is 208 g/mol. The molecule has 0 aromatic carbocycles. The van der Waals surface area contributed by atoms with Crippen molar-refractivity contribution in [1.82, 2.24) is 0 Å². The third kappa shape index (κ3) is 7.26. The quantitative estimate of drug-likeness (QED) is 0.514. The van der Waals surface area contributed by atoms with E-state index in [0.29, 0.717) is 18.8 Å². The lowest BCUT2D eigenvalue weighted by Gasteiger charge is -2.11. The maximum atomic E-state index is 11.3. The van der Waals surface area contributed by atoms with Gasteiger partial charge in [-0.1, -0.05) is 33.6 Å². The molecule has 0 heterocycles. The smallest absolute Gasteiger partial charge is 0.345 e. The maximum absolute atomic E-state index is 11.3. The minimum Gasteiger partial charge on any atom is -0.479 e. The fourth-order valence-corrected chi connectivity index (χ4v) is 1.35. The Kier molecular flexibility index (Phi) is 7.60. The molecule has 0 aliphatic rings. The van der Waals surface area contributed by atoms with E-state index in [9.17, 15) is 9.59 Å². The van der Waals surface area contributed by atoms with Crippen LogP contribution in [0.4, 0.5) is 0 Å². The van der Waals surface area contributed by atoms with Crippen LogP contribution in [0.2, 0.25) is 0 Å². The van der Waals surface area contributed by atoms with Gasteiger partial charge in [0, 0.05) is 6.42 Å². The van der Waals surface area contributed by atoms with Crippen molar-refractivity contribution in [2.24, 2.45) is 5.92 Å². The number of rotatable bonds is 8. The lowest BCUT2D eigenvalue weighted by molar-refractivity contribution is -0.164. The second-order valence-electron chi connectivity index (χ2n) is 4.36. The molecule has 0 saturated heterocycles. The molecule has 0 spiro atoms. The molecule has 1 unspecified atom stereocenters. The Bertz CT molecular complexity index is 223. The van der Waals surface area contributed by atoms with Crippen LogP contribution in [-0.4, -0.2) is 23.1 Å². The number of ether oxygens (including phenoxy) is 1. The van der Waals surface area contributed by atoms with Crippen molar-refractivity contribution >= 4 is 11.9 Å². The number of carboxylic acids is 1. The first-order chi connectivity index (χ1) is 7.47. The van der Waals surface area contributed by atoms with E-state index in [-0.39, 0.29) is 0 Å². The predicted molar refractivity (Wildman–Crippen MR) is 61.1 cm³/mol. The summed E-state index contributed by atoms with van der Waals surface area (Å²) in [5.41, 5.74) is 0. The van der Waals surface area contributed by atoms with E-state index in [0.717, 1.165) is 19.3 Å². The summed E-state index contributed by atoms with van der Waals surface area (Å²) in [5.74, 6) is -0.838. The lowest BCUT2D eigenvalue weighted by atomic mass is 10.1. The molecule has 0 rings (SSSR count). The van der Waals surface area contributed by atoms with Crippen LogP contribution in [0, 0.1) is 5.92 Å². The zero-order valence-corrected chi connectivity index (χ0v) is 10.4. The molecular formula is C12H22O4. The van der Waals surface area contributed by atoms with E-state index >= 15 is 0 Å². The largest absolute Gasteiger partial charge is 0.479 e. The highest BCUT2D eigenvalue weighted by Gasteiger charge is 2.19. The summed E-state index contributed by atoms with van der Waals surface area (Å²) in [4.78, 5) is 21.9. The molecule has 1 atom stereocenters. The van der Waals surface area contributed by atoms with Gasteiger partial charge in [-0.05, 0) is 18.8 Å². The normalized spacial score (nSPS) is 12.5. The zero-order chi connectivity index (χ0) is 12.6. The number of unbranched alkanes of at least 4 members (excludes halogenated alkanes) is 1. The molecule has 0 bridgehead atoms. The van der Waals surface area contributed by atoms with Crippen LogP contribution >= 0.6 is 0 Å². The average Bonchev–Trinajstić information content (AvgIpc) is 2.20. The molecule has 0 aliphatic heterocycles. The van der Waals surface area contributed by atoms with Gasteiger partial charge in [-0.25, -0.2) is 4.79 Å². The summed E-state index contributed by atoms with van der Waals surface area (Å²) in [6, 6.07) is 0. The number of carbonyl (C=O) groups excluding carboxylic acids is 1. The van der Waals surface area contributed by atoms with Gasteiger partial charge in [0.05, 0.1) is 0 Å². The Hall–Kier alpha value is -1.06. The van der Waals surface area contributed by atoms with Crippen molar-refractivity contribution in [3.05, 3.63) is 0 Å². The average molecular weight is 230 g/mol. The summed E-state index contributed by atoms with van der Waals surface area (Å²) in [7, 11) is 0. The van der Waals surface area contributed by atoms with Crippen LogP contribution in [0.25, 0.3) is 0 Å². The van der Waals surface area contributed by atoms with E-state index in [4.69, 9.17) is 9.84 Å². The van der Waals surface area contributed by atoms with Crippen molar-refractivity contribution in [2.45, 2.75) is 59.0 Å². The Balaban J connectivity index is 3.69. The molecule has 0 aromatic heterocycles. The molecule has 16 heavy (non-hydrogen) atoms. The van der Waals surface area contributed by atoms with E-state index < -0.39 is 18.0 Å². The highest BCUT2D eigenvalue weighted by Crippen LogP contribution is 2.09. The number of carbonyl (C=O) groups is 2. The van der Waals surface area contributed by atoms with Gasteiger partial charge in [-0.3, -0.25) is 4.79 Å². The summed E-state index contributed by atoms with van der Waals surface area (Å²) in [6.45, 7) is 5.95. The second kappa shape index (κ2) is 8.13. The summed E-state index contributed by atoms with van der Waals surface area (Å²) in [6.07, 6.45) is 2.48. The predicted octanol–water partition coefficient (Wildman–Crippen LogP) is 2.61. The Labute approximate surface area is 97.0 Å². The molecule has 1 N–H and O–H groups in total. The van der Waals surface area contributed by atoms with Crippen LogP contribution in [0.1, 0.15) is 52.9 Å². The molecule has 0 aromatic rings. The van der Waals surface area contributed by atoms with Crippen LogP contribution in [0.3, 0.4) is 0 Å². The van der Waals surface area contributed by atoms with Crippen LogP contribution < -0.4 is 0 Å². The van der Waals surface area contributed by atoms with E-state index in [1.54, 1.807) is 6.92 Å². The molecule has 94 valence electrons. The summed E-state index contributed by atoms with van der Waals surface area (Å²) >= 11 is 0. The van der Waals surface area contributed by atoms with Crippen LogP contribution in [0.15, 0.2) is 0 Å². The molecule has 0 aliphatic carbocycles. The third-order valence-electron chi connectivity index (χ3n) is 2.33. The minimum absolute atomic E-state index is 0.313. The minimum atomic E-state index is -1.07. The van der Waals surface area contributed by atoms with E-state index in [2.05, 4.69) is 13.8 Å². The Morgan fingerprint density at radius 1 is 1.25 bits per heavy atom. The highest BCUT2D eigenvalue weighted by atomic mass is 16.6. The van der Waals surface area contributed by atoms with Crippen molar-refractivity contribution < 1.29 is 19.4 Å². The first-order valence-corrected chi connectivity index (χ1v) is 5.89. The molecule has 0 amide bonds. The number of esters is 1. The molecule has 4 heteroatoms. The van der Waals surface area contributed by atoms with Gasteiger partial charge >= 0.3 is 11.9 Å². The first kappa shape index (κ1) is 14.9. The number of hydrogen-bond donors (Lipinski definition) is 1. The second-order valence-corrected chi connectivity index (χ2v) is 4.36. The van der Waals surface area contributed by atoms with Crippen molar-refractivity contribution in [3.8, 4) is 0 Å². The number of carboxylic acid groups (broad SMARTS) is 1. The van der Waals surface area contributed by atoms with E-state index in [1.165, 1.54) is 0 Å². The highest BCUT2D eigenvalue weighted by molar-refractivity contribution is 5.77. The lowest BCUT2D eigenvalue weighted by Crippen LogP contribution is -2.26. The van der Waals surface area contributed by atoms with Gasteiger partial charge in [0.1, 0.15) is 0 Å². The van der Waals surface area contributed by atoms with Crippen molar-refractivity contribution in [1.29, 1.82) is 0 Å². The van der Waals surface area contributed by atoms with Gasteiger partial charge in [-0.2, -0.15) is 0 Å². The standard InChI is InChI=1S/C12H22O4/c1-4-10(12(14)15)16-11(13)8-6-5-7-9(2)3/h9-10H,4-8H2,1-3H3,(H,14,15). The SMILES string of the molecule is CCC(OC(=O)CCCCC(C)C)C(=O)O. The van der Waals surface area contributed by atoms with Gasteiger partial charge in [0.15, 0.2) is 6.10 Å². The fourth-order valence-electron chi connectivity index (χ4n) is 1.35. The topological polar surface area (TPSA) is 63.6 Å². The Morgan fingerprint density at radius 2 is 1.88 bits per heavy atom. The van der Waals surface area contributed by atoms with Crippen molar-refractivity contribution in [2.75, 3.05) is 0 Å². The van der Waals surface area contributed by atoms with E-state index in [1.807, 2.05) is 0 Å². The number of aliphatic carboxylic acids is 1. The van der Waals surface area contributed by atoms with Crippen LogP contribution in [0.5, 0.6) is 0 Å². The molecule has 4 nitrogen and oxygen atoms in total. The maximum Gasteiger partial charge on any atom is 0.345 e. The third-order valence-corrected chi connectivity index (χ3v) is 2.33. The van der Waals surface area contributed by atoms with Gasteiger partial charge in [-0.15, -0.1) is 0 Å². The van der Waals surface area contributed by atoms with Crippen LogP contribution in [-0.2, 0) is 14.3 Å². The molecule has 0 radical (unpaired) electrons. The molecule has 0 saturated carbocycles. The summed E-state index contributed by atoms with van der Waals surface area (Å²) < 4.78 is 4.83. The van der Waals surface area contributed by atoms with Gasteiger partial charge in [0.2, 0.25) is 0 Å². The van der Waals surface area contributed by atoms with Gasteiger partial charge < -0.3 is 9.84 Å². The molecule has 0 fully saturated rings. The van der Waals surface area contributed by atoms with Gasteiger partial charge in [0.25, 0.3) is 0 Å². The first-order valence-electron chi connectivity index (χ1n) is 5.89. The van der Waals surface area contributed by atoms with Crippen molar-refractivity contribution in [3.63, 3.8) is 0 Å². The Morgan fingerprint density at radius 3 is 2.31 bits per heavy atom. The fraction of sp³-hybridized carbons (Fsp3) is 0.833. The zero-order valence-electron chi connectivity index (χ0n) is 10.4.